The number of aromatic nitrogens is 1. The van der Waals surface area contributed by atoms with Gasteiger partial charge in [-0.05, 0) is 43.2 Å². The third kappa shape index (κ3) is 4.94. The van der Waals surface area contributed by atoms with Crippen molar-refractivity contribution in [3.63, 3.8) is 0 Å². The summed E-state index contributed by atoms with van der Waals surface area (Å²) in [5.74, 6) is 0.783. The molecule has 3 aromatic rings. The monoisotopic (exact) mass is 480 g/mol. The maximum atomic E-state index is 4.56. The number of halogens is 1. The van der Waals surface area contributed by atoms with Gasteiger partial charge in [-0.3, -0.25) is 4.99 Å². The van der Waals surface area contributed by atoms with E-state index in [0.717, 1.165) is 16.7 Å². The summed E-state index contributed by atoms with van der Waals surface area (Å²) in [7, 11) is 1.79. The van der Waals surface area contributed by atoms with Crippen LogP contribution < -0.4 is 10.6 Å². The van der Waals surface area contributed by atoms with E-state index in [-0.39, 0.29) is 30.0 Å². The van der Waals surface area contributed by atoms with Crippen LogP contribution in [0.3, 0.4) is 0 Å². The minimum absolute atomic E-state index is 0. The molecule has 0 saturated heterocycles. The summed E-state index contributed by atoms with van der Waals surface area (Å²) < 4.78 is 0. The van der Waals surface area contributed by atoms with Crippen molar-refractivity contribution in [3.05, 3.63) is 63.6 Å². The summed E-state index contributed by atoms with van der Waals surface area (Å²) in [6.45, 7) is 6.98. The van der Waals surface area contributed by atoms with Crippen LogP contribution in [0, 0.1) is 13.8 Å². The van der Waals surface area contributed by atoms with Crippen LogP contribution in [0.5, 0.6) is 0 Å². The number of nitrogens with zero attached hydrogens (tertiary/aromatic N) is 2. The summed E-state index contributed by atoms with van der Waals surface area (Å²) >= 11 is 1.73. The Balaban J connectivity index is 0.00000243. The topological polar surface area (TPSA) is 49.3 Å². The van der Waals surface area contributed by atoms with E-state index in [1.807, 2.05) is 6.92 Å². The maximum absolute atomic E-state index is 4.56. The fourth-order valence-corrected chi connectivity index (χ4v) is 3.61. The molecular formula is C20H25IN4S. The van der Waals surface area contributed by atoms with Crippen molar-refractivity contribution in [3.8, 4) is 0 Å². The molecule has 0 aliphatic rings. The standard InChI is InChI=1S/C20H24N4S.HI/c1-13-15(3)25-19(23-13)12-22-20(21-4)24-14(2)17-10-9-16-7-5-6-8-18(16)11-17;/h5-11,14H,12H2,1-4H3,(H2,21,22,24);1H. The summed E-state index contributed by atoms with van der Waals surface area (Å²) in [6.07, 6.45) is 0. The SMILES string of the molecule is CN=C(NCc1nc(C)c(C)s1)NC(C)c1ccc2ccccc2c1.I. The van der Waals surface area contributed by atoms with Crippen molar-refractivity contribution in [1.82, 2.24) is 15.6 Å². The molecule has 1 aromatic heterocycles. The lowest BCUT2D eigenvalue weighted by atomic mass is 10.0. The van der Waals surface area contributed by atoms with E-state index in [1.54, 1.807) is 18.4 Å². The minimum Gasteiger partial charge on any atom is -0.350 e. The van der Waals surface area contributed by atoms with Crippen molar-refractivity contribution >= 4 is 52.0 Å². The van der Waals surface area contributed by atoms with Crippen LogP contribution in [-0.2, 0) is 6.54 Å². The molecule has 1 unspecified atom stereocenters. The molecule has 0 aliphatic heterocycles. The molecule has 0 spiro atoms. The lowest BCUT2D eigenvalue weighted by molar-refractivity contribution is 0.685. The van der Waals surface area contributed by atoms with Gasteiger partial charge in [-0.25, -0.2) is 4.98 Å². The van der Waals surface area contributed by atoms with Crippen LogP contribution in [0.15, 0.2) is 47.5 Å². The number of aliphatic imine (C=N–C) groups is 1. The van der Waals surface area contributed by atoms with Crippen LogP contribution in [0.1, 0.15) is 34.1 Å². The Morgan fingerprint density at radius 3 is 2.54 bits per heavy atom. The zero-order chi connectivity index (χ0) is 17.8. The number of benzene rings is 2. The average Bonchev–Trinajstić information content (AvgIpc) is 2.95. The quantitative estimate of drug-likeness (QED) is 0.316. The minimum atomic E-state index is 0. The predicted molar refractivity (Wildman–Crippen MR) is 123 cm³/mol. The molecule has 0 saturated carbocycles. The van der Waals surface area contributed by atoms with Gasteiger partial charge < -0.3 is 10.6 Å². The first-order valence-corrected chi connectivity index (χ1v) is 9.27. The van der Waals surface area contributed by atoms with Crippen molar-refractivity contribution < 1.29 is 0 Å². The number of nitrogens with one attached hydrogen (secondary N) is 2. The highest BCUT2D eigenvalue weighted by Crippen LogP contribution is 2.20. The van der Waals surface area contributed by atoms with Crippen LogP contribution in [0.25, 0.3) is 10.8 Å². The Labute approximate surface area is 176 Å². The molecule has 1 atom stereocenters. The number of rotatable bonds is 4. The molecule has 1 heterocycles. The molecule has 6 heteroatoms. The lowest BCUT2D eigenvalue weighted by Gasteiger charge is -2.18. The number of aryl methyl sites for hydroxylation is 2. The molecule has 26 heavy (non-hydrogen) atoms. The highest BCUT2D eigenvalue weighted by molar-refractivity contribution is 14.0. The number of hydrogen-bond acceptors (Lipinski definition) is 3. The molecule has 0 fully saturated rings. The van der Waals surface area contributed by atoms with E-state index in [0.29, 0.717) is 6.54 Å². The van der Waals surface area contributed by atoms with Crippen LogP contribution in [0.4, 0.5) is 0 Å². The molecule has 3 rings (SSSR count). The molecule has 2 aromatic carbocycles. The fourth-order valence-electron chi connectivity index (χ4n) is 2.73. The molecule has 0 amide bonds. The number of fused-ring (bicyclic) bond motifs is 1. The van der Waals surface area contributed by atoms with E-state index in [1.165, 1.54) is 21.2 Å². The first-order valence-electron chi connectivity index (χ1n) is 8.45. The lowest BCUT2D eigenvalue weighted by Crippen LogP contribution is -2.38. The zero-order valence-corrected chi connectivity index (χ0v) is 18.7. The van der Waals surface area contributed by atoms with Crippen LogP contribution in [0.2, 0.25) is 0 Å². The van der Waals surface area contributed by atoms with E-state index in [9.17, 15) is 0 Å². The summed E-state index contributed by atoms with van der Waals surface area (Å²) in [5, 5.41) is 10.4. The van der Waals surface area contributed by atoms with Gasteiger partial charge in [-0.2, -0.15) is 0 Å². The Morgan fingerprint density at radius 1 is 1.15 bits per heavy atom. The second-order valence-electron chi connectivity index (χ2n) is 6.15. The third-order valence-corrected chi connectivity index (χ3v) is 5.40. The second kappa shape index (κ2) is 9.32. The maximum Gasteiger partial charge on any atom is 0.191 e. The van der Waals surface area contributed by atoms with Crippen molar-refractivity contribution in [2.45, 2.75) is 33.4 Å². The zero-order valence-electron chi connectivity index (χ0n) is 15.5. The fraction of sp³-hybridized carbons (Fsp3) is 0.300. The van der Waals surface area contributed by atoms with E-state index < -0.39 is 0 Å². The Morgan fingerprint density at radius 2 is 1.88 bits per heavy atom. The Kier molecular flexibility index (Phi) is 7.40. The molecule has 0 aliphatic carbocycles. The first-order chi connectivity index (χ1) is 12.1. The van der Waals surface area contributed by atoms with Gasteiger partial charge in [0.1, 0.15) is 5.01 Å². The Hall–Kier alpha value is -1.67. The predicted octanol–water partition coefficient (Wildman–Crippen LogP) is 4.96. The van der Waals surface area contributed by atoms with Crippen molar-refractivity contribution in [2.24, 2.45) is 4.99 Å². The molecule has 4 nitrogen and oxygen atoms in total. The van der Waals surface area contributed by atoms with E-state index in [4.69, 9.17) is 0 Å². The third-order valence-electron chi connectivity index (χ3n) is 4.33. The van der Waals surface area contributed by atoms with Gasteiger partial charge in [-0.15, -0.1) is 35.3 Å². The summed E-state index contributed by atoms with van der Waals surface area (Å²) in [6, 6.07) is 15.1. The highest BCUT2D eigenvalue weighted by Gasteiger charge is 2.10. The summed E-state index contributed by atoms with van der Waals surface area (Å²) in [4.78, 5) is 10.2. The van der Waals surface area contributed by atoms with Gasteiger partial charge in [0.25, 0.3) is 0 Å². The van der Waals surface area contributed by atoms with Crippen LogP contribution >= 0.6 is 35.3 Å². The van der Waals surface area contributed by atoms with Crippen molar-refractivity contribution in [1.29, 1.82) is 0 Å². The normalized spacial score (nSPS) is 12.5. The van der Waals surface area contributed by atoms with Crippen molar-refractivity contribution in [2.75, 3.05) is 7.05 Å². The van der Waals surface area contributed by atoms with Gasteiger partial charge in [0.05, 0.1) is 18.3 Å². The smallest absolute Gasteiger partial charge is 0.191 e. The van der Waals surface area contributed by atoms with Gasteiger partial charge in [0, 0.05) is 11.9 Å². The van der Waals surface area contributed by atoms with E-state index in [2.05, 4.69) is 76.9 Å². The first kappa shape index (κ1) is 20.6. The highest BCUT2D eigenvalue weighted by atomic mass is 127. The van der Waals surface area contributed by atoms with Gasteiger partial charge in [0.15, 0.2) is 5.96 Å². The van der Waals surface area contributed by atoms with Gasteiger partial charge >= 0.3 is 0 Å². The van der Waals surface area contributed by atoms with Crippen LogP contribution in [-0.4, -0.2) is 18.0 Å². The van der Waals surface area contributed by atoms with E-state index >= 15 is 0 Å². The average molecular weight is 480 g/mol. The number of guanidine groups is 1. The molecule has 0 radical (unpaired) electrons. The molecule has 0 bridgehead atoms. The number of hydrogen-bond donors (Lipinski definition) is 2. The van der Waals surface area contributed by atoms with Gasteiger partial charge in [0.2, 0.25) is 0 Å². The largest absolute Gasteiger partial charge is 0.350 e. The molecule has 2 N–H and O–H groups in total. The molecule has 138 valence electrons. The second-order valence-corrected chi connectivity index (χ2v) is 7.44. The summed E-state index contributed by atoms with van der Waals surface area (Å²) in [5.41, 5.74) is 2.34. The molecular weight excluding hydrogens is 455 g/mol. The Bertz CT molecular complexity index is 884. The van der Waals surface area contributed by atoms with Gasteiger partial charge in [-0.1, -0.05) is 36.4 Å². The number of thiazole rings is 1.